The van der Waals surface area contributed by atoms with E-state index >= 15 is 0 Å². The summed E-state index contributed by atoms with van der Waals surface area (Å²) < 4.78 is 0. The summed E-state index contributed by atoms with van der Waals surface area (Å²) in [6.07, 6.45) is 1.22. The van der Waals surface area contributed by atoms with Gasteiger partial charge >= 0.3 is 0 Å². The van der Waals surface area contributed by atoms with Gasteiger partial charge in [-0.3, -0.25) is 0 Å². The predicted octanol–water partition coefficient (Wildman–Crippen LogP) is 9.35. The third-order valence-corrected chi connectivity index (χ3v) is 6.49. The van der Waals surface area contributed by atoms with Crippen LogP contribution in [0, 0.1) is 6.92 Å². The molecule has 5 aromatic carbocycles. The van der Waals surface area contributed by atoms with Gasteiger partial charge in [0.05, 0.1) is 22.7 Å². The summed E-state index contributed by atoms with van der Waals surface area (Å²) in [4.78, 5) is 13.9. The molecule has 0 aliphatic heterocycles. The molecule has 198 valence electrons. The standard InChI is InChI=1S/C34H27N7/c1-24-35-33(21-25-11-16-30(17-12-25)39-38-29-9-3-2-4-10-29)37-34(36-24)22-26-13-18-31(19-14-26)40-41-32-20-15-27-7-5-6-8-28(27)23-32/h2-20,23H,21-22H2,1H3. The molecule has 6 aromatic rings. The predicted molar refractivity (Wildman–Crippen MR) is 162 cm³/mol. The maximum Gasteiger partial charge on any atom is 0.136 e. The van der Waals surface area contributed by atoms with E-state index in [0.29, 0.717) is 18.7 Å². The SMILES string of the molecule is Cc1nc(Cc2ccc(N=Nc3ccccc3)cc2)nc(Cc2ccc(N=Nc3ccc4ccccc4c3)cc2)n1. The number of benzene rings is 5. The smallest absolute Gasteiger partial charge is 0.136 e. The molecular weight excluding hydrogens is 506 g/mol. The number of nitrogens with zero attached hydrogens (tertiary/aromatic N) is 7. The number of hydrogen-bond donors (Lipinski definition) is 0. The summed E-state index contributed by atoms with van der Waals surface area (Å²) in [5.41, 5.74) is 5.43. The molecule has 0 radical (unpaired) electrons. The second kappa shape index (κ2) is 12.2. The molecule has 7 heteroatoms. The minimum absolute atomic E-state index is 0.608. The van der Waals surface area contributed by atoms with Crippen LogP contribution in [0.4, 0.5) is 22.7 Å². The van der Waals surface area contributed by atoms with Crippen molar-refractivity contribution in [3.05, 3.63) is 150 Å². The van der Waals surface area contributed by atoms with Crippen LogP contribution in [0.15, 0.2) is 142 Å². The normalized spacial score (nSPS) is 11.5. The first kappa shape index (κ1) is 25.8. The average Bonchev–Trinajstić information content (AvgIpc) is 3.00. The summed E-state index contributed by atoms with van der Waals surface area (Å²) in [6, 6.07) is 40.0. The van der Waals surface area contributed by atoms with E-state index in [4.69, 9.17) is 4.98 Å². The summed E-state index contributed by atoms with van der Waals surface area (Å²) in [6.45, 7) is 1.90. The molecule has 0 bridgehead atoms. The van der Waals surface area contributed by atoms with Crippen molar-refractivity contribution >= 4 is 33.5 Å². The second-order valence-electron chi connectivity index (χ2n) is 9.67. The zero-order chi connectivity index (χ0) is 27.9. The molecule has 0 fully saturated rings. The fraction of sp³-hybridized carbons (Fsp3) is 0.0882. The van der Waals surface area contributed by atoms with Crippen LogP contribution in [0.25, 0.3) is 10.8 Å². The average molecular weight is 534 g/mol. The van der Waals surface area contributed by atoms with Gasteiger partial charge in [-0.05, 0) is 77.4 Å². The van der Waals surface area contributed by atoms with Crippen LogP contribution in [0.2, 0.25) is 0 Å². The first-order chi connectivity index (χ1) is 20.2. The third kappa shape index (κ3) is 6.96. The Bertz CT molecular complexity index is 1830. The van der Waals surface area contributed by atoms with Gasteiger partial charge in [0, 0.05) is 12.8 Å². The fourth-order valence-electron chi connectivity index (χ4n) is 4.45. The van der Waals surface area contributed by atoms with Crippen molar-refractivity contribution in [2.75, 3.05) is 0 Å². The molecule has 0 aliphatic carbocycles. The monoisotopic (exact) mass is 533 g/mol. The highest BCUT2D eigenvalue weighted by Gasteiger charge is 2.07. The molecule has 41 heavy (non-hydrogen) atoms. The van der Waals surface area contributed by atoms with Crippen LogP contribution in [0.1, 0.15) is 28.6 Å². The fourth-order valence-corrected chi connectivity index (χ4v) is 4.45. The van der Waals surface area contributed by atoms with E-state index < -0.39 is 0 Å². The summed E-state index contributed by atoms with van der Waals surface area (Å²) in [5, 5.41) is 19.7. The van der Waals surface area contributed by atoms with Gasteiger partial charge < -0.3 is 0 Å². The van der Waals surface area contributed by atoms with Crippen LogP contribution in [-0.4, -0.2) is 15.0 Å². The highest BCUT2D eigenvalue weighted by atomic mass is 15.1. The summed E-state index contributed by atoms with van der Waals surface area (Å²) >= 11 is 0. The van der Waals surface area contributed by atoms with Gasteiger partial charge in [-0.25, -0.2) is 15.0 Å². The summed E-state index contributed by atoms with van der Waals surface area (Å²) in [7, 11) is 0. The van der Waals surface area contributed by atoms with Crippen LogP contribution < -0.4 is 0 Å². The molecule has 1 heterocycles. The Kier molecular flexibility index (Phi) is 7.67. The van der Waals surface area contributed by atoms with Crippen molar-refractivity contribution in [3.8, 4) is 0 Å². The lowest BCUT2D eigenvalue weighted by Gasteiger charge is -2.06. The van der Waals surface area contributed by atoms with Gasteiger partial charge in [-0.1, -0.05) is 72.8 Å². The van der Waals surface area contributed by atoms with Crippen LogP contribution in [0.5, 0.6) is 0 Å². The number of azo groups is 2. The van der Waals surface area contributed by atoms with E-state index in [1.54, 1.807) is 0 Å². The van der Waals surface area contributed by atoms with Crippen molar-refractivity contribution in [3.63, 3.8) is 0 Å². The third-order valence-electron chi connectivity index (χ3n) is 6.49. The van der Waals surface area contributed by atoms with E-state index in [9.17, 15) is 0 Å². The molecule has 1 aromatic heterocycles. The number of fused-ring (bicyclic) bond motifs is 1. The Hall–Kier alpha value is -5.43. The Balaban J connectivity index is 1.09. The minimum Gasteiger partial charge on any atom is -0.218 e. The quantitative estimate of drug-likeness (QED) is 0.183. The van der Waals surface area contributed by atoms with Crippen molar-refractivity contribution in [2.45, 2.75) is 19.8 Å². The molecule has 0 spiro atoms. The van der Waals surface area contributed by atoms with E-state index in [1.165, 1.54) is 5.39 Å². The molecule has 0 amide bonds. The lowest BCUT2D eigenvalue weighted by molar-refractivity contribution is 0.818. The van der Waals surface area contributed by atoms with Crippen LogP contribution in [0.3, 0.4) is 0 Å². The number of rotatable bonds is 8. The Labute approximate surface area is 238 Å². The summed E-state index contributed by atoms with van der Waals surface area (Å²) in [5.74, 6) is 2.19. The maximum absolute atomic E-state index is 4.74. The Morgan fingerprint density at radius 1 is 0.439 bits per heavy atom. The van der Waals surface area contributed by atoms with Crippen LogP contribution in [-0.2, 0) is 12.8 Å². The first-order valence-corrected chi connectivity index (χ1v) is 13.4. The van der Waals surface area contributed by atoms with Gasteiger partial charge in [0.1, 0.15) is 17.5 Å². The van der Waals surface area contributed by atoms with Crippen molar-refractivity contribution in [1.29, 1.82) is 0 Å². The highest BCUT2D eigenvalue weighted by Crippen LogP contribution is 2.24. The van der Waals surface area contributed by atoms with Gasteiger partial charge in [0.25, 0.3) is 0 Å². The van der Waals surface area contributed by atoms with Crippen molar-refractivity contribution < 1.29 is 0 Å². The zero-order valence-corrected chi connectivity index (χ0v) is 22.6. The van der Waals surface area contributed by atoms with Crippen molar-refractivity contribution in [1.82, 2.24) is 15.0 Å². The molecule has 0 N–H and O–H groups in total. The molecule has 0 atom stereocenters. The molecule has 0 unspecified atom stereocenters. The molecular formula is C34H27N7. The van der Waals surface area contributed by atoms with E-state index in [1.807, 2.05) is 110 Å². The van der Waals surface area contributed by atoms with Gasteiger partial charge in [-0.2, -0.15) is 20.5 Å². The minimum atomic E-state index is 0.608. The number of hydrogen-bond acceptors (Lipinski definition) is 7. The topological polar surface area (TPSA) is 88.1 Å². The molecule has 0 saturated heterocycles. The zero-order valence-electron chi connectivity index (χ0n) is 22.6. The number of aryl methyl sites for hydroxylation is 1. The lowest BCUT2D eigenvalue weighted by Crippen LogP contribution is -2.06. The molecule has 0 aliphatic rings. The second-order valence-corrected chi connectivity index (χ2v) is 9.67. The van der Waals surface area contributed by atoms with Crippen LogP contribution >= 0.6 is 0 Å². The van der Waals surface area contributed by atoms with Crippen molar-refractivity contribution in [2.24, 2.45) is 20.5 Å². The Morgan fingerprint density at radius 3 is 1.49 bits per heavy atom. The Morgan fingerprint density at radius 2 is 0.902 bits per heavy atom. The van der Waals surface area contributed by atoms with E-state index in [2.05, 4.69) is 48.6 Å². The largest absolute Gasteiger partial charge is 0.218 e. The molecule has 6 rings (SSSR count). The maximum atomic E-state index is 4.74. The van der Waals surface area contributed by atoms with Gasteiger partial charge in [0.2, 0.25) is 0 Å². The first-order valence-electron chi connectivity index (χ1n) is 13.4. The van der Waals surface area contributed by atoms with Gasteiger partial charge in [0.15, 0.2) is 0 Å². The molecule has 0 saturated carbocycles. The number of aromatic nitrogens is 3. The molecule has 7 nitrogen and oxygen atoms in total. The highest BCUT2D eigenvalue weighted by molar-refractivity contribution is 5.85. The van der Waals surface area contributed by atoms with Gasteiger partial charge in [-0.15, -0.1) is 0 Å². The lowest BCUT2D eigenvalue weighted by atomic mass is 10.1. The van der Waals surface area contributed by atoms with E-state index in [-0.39, 0.29) is 0 Å². The van der Waals surface area contributed by atoms with E-state index in [0.717, 1.165) is 50.9 Å².